The molecule has 2 N–H and O–H groups in total. The van der Waals surface area contributed by atoms with Crippen molar-refractivity contribution < 1.29 is 5.11 Å². The van der Waals surface area contributed by atoms with Gasteiger partial charge in [0.15, 0.2) is 0 Å². The zero-order valence-electron chi connectivity index (χ0n) is 10.1. The van der Waals surface area contributed by atoms with Crippen LogP contribution < -0.4 is 5.32 Å². The summed E-state index contributed by atoms with van der Waals surface area (Å²) in [5, 5.41) is 13.2. The van der Waals surface area contributed by atoms with E-state index in [1.54, 1.807) is 0 Å². The van der Waals surface area contributed by atoms with Crippen molar-refractivity contribution in [1.29, 1.82) is 0 Å². The Balaban J connectivity index is 1.95. The zero-order chi connectivity index (χ0) is 11.5. The van der Waals surface area contributed by atoms with Gasteiger partial charge in [-0.2, -0.15) is 0 Å². The molecule has 1 aliphatic rings. The van der Waals surface area contributed by atoms with Gasteiger partial charge in [-0.1, -0.05) is 19.1 Å². The molecule has 0 saturated heterocycles. The normalized spacial score (nSPS) is 30.1. The van der Waals surface area contributed by atoms with E-state index >= 15 is 0 Å². The summed E-state index contributed by atoms with van der Waals surface area (Å²) in [6.45, 7) is 4.24. The lowest BCUT2D eigenvalue weighted by Gasteiger charge is -2.32. The van der Waals surface area contributed by atoms with Crippen LogP contribution in [0.2, 0.25) is 0 Å². The van der Waals surface area contributed by atoms with Crippen LogP contribution in [0.5, 0.6) is 0 Å². The number of aryl methyl sites for hydroxylation is 1. The summed E-state index contributed by atoms with van der Waals surface area (Å²) in [5.41, 5.74) is 2.49. The first-order chi connectivity index (χ1) is 7.65. The fourth-order valence-corrected chi connectivity index (χ4v) is 2.48. The fourth-order valence-electron chi connectivity index (χ4n) is 2.48. The van der Waals surface area contributed by atoms with Crippen LogP contribution in [0.4, 0.5) is 5.69 Å². The second kappa shape index (κ2) is 4.88. The zero-order valence-corrected chi connectivity index (χ0v) is 10.1. The van der Waals surface area contributed by atoms with Gasteiger partial charge in [-0.15, -0.1) is 0 Å². The predicted molar refractivity (Wildman–Crippen MR) is 67.6 cm³/mol. The smallest absolute Gasteiger partial charge is 0.0567 e. The molecule has 0 radical (unpaired) electrons. The third-order valence-electron chi connectivity index (χ3n) is 3.51. The Morgan fingerprint density at radius 2 is 2.12 bits per heavy atom. The Bertz CT molecular complexity index is 350. The quantitative estimate of drug-likeness (QED) is 0.801. The third-order valence-corrected chi connectivity index (χ3v) is 3.51. The highest BCUT2D eigenvalue weighted by Gasteiger charge is 2.25. The first-order valence-corrected chi connectivity index (χ1v) is 6.16. The summed E-state index contributed by atoms with van der Waals surface area (Å²) in [4.78, 5) is 0. The summed E-state index contributed by atoms with van der Waals surface area (Å²) in [7, 11) is 0. The standard InChI is InChI=1S/C14H21NO/c1-10-4-3-5-12(8-10)15-13-6-7-14(16)11(2)9-13/h3-5,8,11,13-16H,6-7,9H2,1-2H3. The summed E-state index contributed by atoms with van der Waals surface area (Å²) < 4.78 is 0. The first kappa shape index (κ1) is 11.5. The third kappa shape index (κ3) is 2.76. The summed E-state index contributed by atoms with van der Waals surface area (Å²) in [5.74, 6) is 0.413. The highest BCUT2D eigenvalue weighted by molar-refractivity contribution is 5.46. The van der Waals surface area contributed by atoms with E-state index in [-0.39, 0.29) is 6.10 Å². The molecule has 2 nitrogen and oxygen atoms in total. The van der Waals surface area contributed by atoms with Gasteiger partial charge in [0.05, 0.1) is 6.10 Å². The second-order valence-corrected chi connectivity index (χ2v) is 5.07. The molecule has 0 heterocycles. The topological polar surface area (TPSA) is 32.3 Å². The molecule has 0 aromatic heterocycles. The molecule has 16 heavy (non-hydrogen) atoms. The Morgan fingerprint density at radius 3 is 2.81 bits per heavy atom. The highest BCUT2D eigenvalue weighted by atomic mass is 16.3. The van der Waals surface area contributed by atoms with Gasteiger partial charge in [-0.05, 0) is 49.8 Å². The molecule has 3 atom stereocenters. The second-order valence-electron chi connectivity index (χ2n) is 5.07. The molecule has 0 aliphatic heterocycles. The molecule has 0 amide bonds. The highest BCUT2D eigenvalue weighted by Crippen LogP contribution is 2.26. The number of benzene rings is 1. The van der Waals surface area contributed by atoms with Crippen LogP contribution in [0.1, 0.15) is 31.7 Å². The number of hydrogen-bond acceptors (Lipinski definition) is 2. The molecule has 2 rings (SSSR count). The van der Waals surface area contributed by atoms with Crippen molar-refractivity contribution in [3.8, 4) is 0 Å². The summed E-state index contributed by atoms with van der Waals surface area (Å²) in [6, 6.07) is 9.00. The van der Waals surface area contributed by atoms with E-state index in [0.29, 0.717) is 12.0 Å². The lowest BCUT2D eigenvalue weighted by molar-refractivity contribution is 0.0748. The minimum absolute atomic E-state index is 0.101. The van der Waals surface area contributed by atoms with Gasteiger partial charge < -0.3 is 10.4 Å². The van der Waals surface area contributed by atoms with E-state index in [4.69, 9.17) is 0 Å². The number of rotatable bonds is 2. The lowest BCUT2D eigenvalue weighted by Crippen LogP contribution is -2.34. The molecular formula is C14H21NO. The van der Waals surface area contributed by atoms with Crippen molar-refractivity contribution in [2.75, 3.05) is 5.32 Å². The van der Waals surface area contributed by atoms with Crippen molar-refractivity contribution in [1.82, 2.24) is 0 Å². The van der Waals surface area contributed by atoms with Gasteiger partial charge in [-0.25, -0.2) is 0 Å². The van der Waals surface area contributed by atoms with E-state index in [1.165, 1.54) is 11.3 Å². The van der Waals surface area contributed by atoms with Gasteiger partial charge in [0.25, 0.3) is 0 Å². The SMILES string of the molecule is Cc1cccc(NC2CCC(O)C(C)C2)c1. The fraction of sp³-hybridized carbons (Fsp3) is 0.571. The molecule has 0 spiro atoms. The Kier molecular flexibility index (Phi) is 3.49. The van der Waals surface area contributed by atoms with Crippen molar-refractivity contribution >= 4 is 5.69 Å². The lowest BCUT2D eigenvalue weighted by atomic mass is 9.84. The average Bonchev–Trinajstić information content (AvgIpc) is 2.24. The number of aliphatic hydroxyl groups excluding tert-OH is 1. The van der Waals surface area contributed by atoms with E-state index < -0.39 is 0 Å². The molecule has 1 aromatic rings. The Labute approximate surface area is 97.7 Å². The molecule has 1 saturated carbocycles. The van der Waals surface area contributed by atoms with Crippen LogP contribution >= 0.6 is 0 Å². The van der Waals surface area contributed by atoms with E-state index in [9.17, 15) is 5.11 Å². The molecule has 0 bridgehead atoms. The van der Waals surface area contributed by atoms with Crippen molar-refractivity contribution in [3.63, 3.8) is 0 Å². The first-order valence-electron chi connectivity index (χ1n) is 6.16. The number of anilines is 1. The van der Waals surface area contributed by atoms with Crippen molar-refractivity contribution in [2.45, 2.75) is 45.3 Å². The molecule has 3 unspecified atom stereocenters. The predicted octanol–water partition coefficient (Wildman–Crippen LogP) is 2.96. The van der Waals surface area contributed by atoms with Crippen LogP contribution in [-0.2, 0) is 0 Å². The largest absolute Gasteiger partial charge is 0.393 e. The molecular weight excluding hydrogens is 198 g/mol. The summed E-state index contributed by atoms with van der Waals surface area (Å²) >= 11 is 0. The number of nitrogens with one attached hydrogen (secondary N) is 1. The Morgan fingerprint density at radius 1 is 1.31 bits per heavy atom. The molecule has 88 valence electrons. The van der Waals surface area contributed by atoms with Gasteiger partial charge >= 0.3 is 0 Å². The van der Waals surface area contributed by atoms with E-state index in [1.807, 2.05) is 0 Å². The number of hydrogen-bond donors (Lipinski definition) is 2. The minimum Gasteiger partial charge on any atom is -0.393 e. The number of aliphatic hydroxyl groups is 1. The van der Waals surface area contributed by atoms with Crippen LogP contribution in [-0.4, -0.2) is 17.3 Å². The van der Waals surface area contributed by atoms with Gasteiger partial charge in [-0.3, -0.25) is 0 Å². The van der Waals surface area contributed by atoms with Crippen molar-refractivity contribution in [2.24, 2.45) is 5.92 Å². The van der Waals surface area contributed by atoms with Gasteiger partial charge in [0.1, 0.15) is 0 Å². The van der Waals surface area contributed by atoms with Crippen LogP contribution in [0.3, 0.4) is 0 Å². The average molecular weight is 219 g/mol. The minimum atomic E-state index is -0.101. The van der Waals surface area contributed by atoms with E-state index in [2.05, 4.69) is 43.4 Å². The Hall–Kier alpha value is -1.02. The maximum Gasteiger partial charge on any atom is 0.0567 e. The van der Waals surface area contributed by atoms with Crippen LogP contribution in [0, 0.1) is 12.8 Å². The van der Waals surface area contributed by atoms with Gasteiger partial charge in [0.2, 0.25) is 0 Å². The molecule has 1 fully saturated rings. The monoisotopic (exact) mass is 219 g/mol. The molecule has 2 heteroatoms. The van der Waals surface area contributed by atoms with Crippen molar-refractivity contribution in [3.05, 3.63) is 29.8 Å². The van der Waals surface area contributed by atoms with E-state index in [0.717, 1.165) is 19.3 Å². The van der Waals surface area contributed by atoms with Crippen LogP contribution in [0.15, 0.2) is 24.3 Å². The maximum absolute atomic E-state index is 9.68. The maximum atomic E-state index is 9.68. The summed E-state index contributed by atoms with van der Waals surface area (Å²) in [6.07, 6.45) is 2.95. The molecule has 1 aliphatic carbocycles. The van der Waals surface area contributed by atoms with Crippen LogP contribution in [0.25, 0.3) is 0 Å². The van der Waals surface area contributed by atoms with Gasteiger partial charge in [0, 0.05) is 11.7 Å². The molecule has 1 aromatic carbocycles.